The Morgan fingerprint density at radius 2 is 1.50 bits per heavy atom. The number of nitrogens with one attached hydrogen (secondary N) is 2. The van der Waals surface area contributed by atoms with Crippen LogP contribution in [0.15, 0.2) is 54.6 Å². The van der Waals surface area contributed by atoms with E-state index in [9.17, 15) is 22.8 Å². The molecule has 34 heavy (non-hydrogen) atoms. The van der Waals surface area contributed by atoms with Crippen LogP contribution < -0.4 is 10.6 Å². The van der Waals surface area contributed by atoms with Gasteiger partial charge in [0, 0.05) is 11.6 Å². The Kier molecular flexibility index (Phi) is 6.50. The van der Waals surface area contributed by atoms with Crippen molar-refractivity contribution in [3.63, 3.8) is 0 Å². The Morgan fingerprint density at radius 1 is 0.853 bits per heavy atom. The maximum absolute atomic E-state index is 15.0. The molecule has 3 aromatic rings. The van der Waals surface area contributed by atoms with Crippen molar-refractivity contribution in [2.45, 2.75) is 10.3 Å². The van der Waals surface area contributed by atoms with Gasteiger partial charge in [0.1, 0.15) is 27.3 Å². The van der Waals surface area contributed by atoms with Gasteiger partial charge >= 0.3 is 0 Å². The normalized spacial score (nSPS) is 18.3. The van der Waals surface area contributed by atoms with E-state index in [4.69, 9.17) is 34.8 Å². The van der Waals surface area contributed by atoms with Gasteiger partial charge in [0.15, 0.2) is 5.82 Å². The van der Waals surface area contributed by atoms with Gasteiger partial charge in [-0.25, -0.2) is 17.6 Å². The zero-order chi connectivity index (χ0) is 24.8. The van der Waals surface area contributed by atoms with Gasteiger partial charge in [-0.2, -0.15) is 0 Å². The van der Waals surface area contributed by atoms with Crippen molar-refractivity contribution in [1.82, 2.24) is 0 Å². The molecule has 0 spiro atoms. The molecule has 176 valence electrons. The SMILES string of the molecule is O=C(Nc1ccc(F)cc1)c1c(F)ccc(NC(=O)[C@H]2[C@H](c3ccc(F)c(Cl)c3)C2(Cl)Cl)c1F. The molecule has 1 fully saturated rings. The number of amides is 2. The van der Waals surface area contributed by atoms with Crippen molar-refractivity contribution in [3.05, 3.63) is 94.0 Å². The van der Waals surface area contributed by atoms with Gasteiger partial charge in [-0.3, -0.25) is 9.59 Å². The van der Waals surface area contributed by atoms with Gasteiger partial charge in [0.25, 0.3) is 5.91 Å². The monoisotopic (exact) mass is 530 g/mol. The van der Waals surface area contributed by atoms with Crippen molar-refractivity contribution < 1.29 is 27.2 Å². The fourth-order valence-corrected chi connectivity index (χ4v) is 4.59. The number of alkyl halides is 2. The largest absolute Gasteiger partial charge is 0.323 e. The van der Waals surface area contributed by atoms with Crippen LogP contribution in [-0.4, -0.2) is 16.1 Å². The number of carbonyl (C=O) groups excluding carboxylic acids is 2. The lowest BCUT2D eigenvalue weighted by Crippen LogP contribution is -2.21. The lowest BCUT2D eigenvalue weighted by Gasteiger charge is -2.12. The first kappa shape index (κ1) is 24.3. The lowest BCUT2D eigenvalue weighted by molar-refractivity contribution is -0.117. The minimum atomic E-state index is -1.58. The van der Waals surface area contributed by atoms with E-state index < -0.39 is 62.5 Å². The van der Waals surface area contributed by atoms with Crippen LogP contribution in [0.3, 0.4) is 0 Å². The summed E-state index contributed by atoms with van der Waals surface area (Å²) in [5, 5.41) is 4.33. The second-order valence-corrected chi connectivity index (χ2v) is 9.39. The van der Waals surface area contributed by atoms with Crippen LogP contribution in [0.5, 0.6) is 0 Å². The van der Waals surface area contributed by atoms with Gasteiger partial charge in [0.05, 0.1) is 16.6 Å². The van der Waals surface area contributed by atoms with Crippen molar-refractivity contribution in [2.75, 3.05) is 10.6 Å². The van der Waals surface area contributed by atoms with Crippen LogP contribution in [-0.2, 0) is 4.79 Å². The molecule has 0 heterocycles. The molecule has 2 atom stereocenters. The molecule has 0 aromatic heterocycles. The van der Waals surface area contributed by atoms with Crippen LogP contribution in [0, 0.1) is 29.2 Å². The number of carbonyl (C=O) groups is 2. The molecule has 11 heteroatoms. The number of anilines is 2. The average Bonchev–Trinajstić information content (AvgIpc) is 3.36. The molecule has 1 aliphatic rings. The predicted octanol–water partition coefficient (Wildman–Crippen LogP) is 6.67. The van der Waals surface area contributed by atoms with E-state index in [0.29, 0.717) is 5.56 Å². The van der Waals surface area contributed by atoms with Crippen molar-refractivity contribution >= 4 is 58.0 Å². The molecular formula is C23H13Cl3F4N2O2. The molecule has 1 saturated carbocycles. The van der Waals surface area contributed by atoms with Crippen LogP contribution in [0.4, 0.5) is 28.9 Å². The maximum atomic E-state index is 15.0. The van der Waals surface area contributed by atoms with E-state index >= 15 is 4.39 Å². The van der Waals surface area contributed by atoms with Crippen LogP contribution >= 0.6 is 34.8 Å². The quantitative estimate of drug-likeness (QED) is 0.285. The summed E-state index contributed by atoms with van der Waals surface area (Å²) < 4.78 is 54.2. The van der Waals surface area contributed by atoms with Gasteiger partial charge in [-0.05, 0) is 54.1 Å². The zero-order valence-corrected chi connectivity index (χ0v) is 19.1. The molecule has 0 aliphatic heterocycles. The van der Waals surface area contributed by atoms with Gasteiger partial charge < -0.3 is 10.6 Å². The highest BCUT2D eigenvalue weighted by Gasteiger charge is 2.67. The third kappa shape index (κ3) is 4.58. The number of rotatable bonds is 5. The summed E-state index contributed by atoms with van der Waals surface area (Å²) in [6.45, 7) is 0. The second kappa shape index (κ2) is 9.09. The minimum Gasteiger partial charge on any atom is -0.323 e. The molecule has 4 nitrogen and oxygen atoms in total. The maximum Gasteiger partial charge on any atom is 0.261 e. The average molecular weight is 532 g/mol. The van der Waals surface area contributed by atoms with Crippen molar-refractivity contribution in [3.8, 4) is 0 Å². The van der Waals surface area contributed by atoms with Gasteiger partial charge in [0.2, 0.25) is 5.91 Å². The van der Waals surface area contributed by atoms with E-state index in [1.807, 2.05) is 0 Å². The molecule has 1 aliphatic carbocycles. The van der Waals surface area contributed by atoms with E-state index in [1.165, 1.54) is 24.3 Å². The summed E-state index contributed by atoms with van der Waals surface area (Å²) in [6, 6.07) is 10.0. The third-order valence-corrected chi connectivity index (χ3v) is 6.55. The van der Waals surface area contributed by atoms with E-state index in [1.54, 1.807) is 0 Å². The lowest BCUT2D eigenvalue weighted by atomic mass is 10.1. The second-order valence-electron chi connectivity index (χ2n) is 7.54. The van der Waals surface area contributed by atoms with Crippen molar-refractivity contribution in [2.24, 2.45) is 5.92 Å². The summed E-state index contributed by atoms with van der Waals surface area (Å²) in [5.74, 6) is -7.50. The molecule has 0 bridgehead atoms. The summed E-state index contributed by atoms with van der Waals surface area (Å²) >= 11 is 18.2. The molecule has 4 rings (SSSR count). The fraction of sp³-hybridized carbons (Fsp3) is 0.130. The van der Waals surface area contributed by atoms with Crippen LogP contribution in [0.25, 0.3) is 0 Å². The third-order valence-electron chi connectivity index (χ3n) is 5.32. The Morgan fingerprint density at radius 3 is 2.15 bits per heavy atom. The first-order valence-corrected chi connectivity index (χ1v) is 10.8. The number of benzene rings is 3. The van der Waals surface area contributed by atoms with E-state index in [-0.39, 0.29) is 10.7 Å². The summed E-state index contributed by atoms with van der Waals surface area (Å²) in [7, 11) is 0. The number of hydrogen-bond acceptors (Lipinski definition) is 2. The molecular weight excluding hydrogens is 519 g/mol. The Hall–Kier alpha value is -2.81. The Labute approximate surface area is 205 Å². The molecule has 2 N–H and O–H groups in total. The summed E-state index contributed by atoms with van der Waals surface area (Å²) in [5.41, 5.74) is -0.937. The van der Waals surface area contributed by atoms with E-state index in [0.717, 1.165) is 30.3 Å². The first-order valence-electron chi connectivity index (χ1n) is 9.69. The standard InChI is InChI=1S/C23H13Cl3F4N2O2/c24-13-9-10(1-6-14(13)28)18-19(23(18,25)26)22(34)32-16-8-7-15(29)17(20(16)30)21(33)31-12-4-2-11(27)3-5-12/h1-9,18-19H,(H,31,33)(H,32,34)/t18-,19+/m0/s1. The van der Waals surface area contributed by atoms with E-state index in [2.05, 4.69) is 10.6 Å². The summed E-state index contributed by atoms with van der Waals surface area (Å²) in [4.78, 5) is 25.2. The first-order chi connectivity index (χ1) is 16.0. The highest BCUT2D eigenvalue weighted by atomic mass is 35.5. The number of hydrogen-bond donors (Lipinski definition) is 2. The smallest absolute Gasteiger partial charge is 0.261 e. The highest BCUT2D eigenvalue weighted by Crippen LogP contribution is 2.65. The van der Waals surface area contributed by atoms with Crippen LogP contribution in [0.2, 0.25) is 5.02 Å². The van der Waals surface area contributed by atoms with Gasteiger partial charge in [-0.15, -0.1) is 23.2 Å². The zero-order valence-electron chi connectivity index (χ0n) is 16.8. The molecule has 3 aromatic carbocycles. The fourth-order valence-electron chi connectivity index (χ4n) is 3.57. The molecule has 0 unspecified atom stereocenters. The highest BCUT2D eigenvalue weighted by molar-refractivity contribution is 6.53. The molecule has 0 radical (unpaired) electrons. The summed E-state index contributed by atoms with van der Waals surface area (Å²) in [6.07, 6.45) is 0. The minimum absolute atomic E-state index is 0.104. The Balaban J connectivity index is 1.55. The van der Waals surface area contributed by atoms with Crippen molar-refractivity contribution in [1.29, 1.82) is 0 Å². The Bertz CT molecular complexity index is 1300. The van der Waals surface area contributed by atoms with Gasteiger partial charge in [-0.1, -0.05) is 17.7 Å². The molecule has 2 amide bonds. The molecule has 0 saturated heterocycles. The number of halogens is 7. The topological polar surface area (TPSA) is 58.2 Å². The predicted molar refractivity (Wildman–Crippen MR) is 121 cm³/mol. The van der Waals surface area contributed by atoms with Crippen LogP contribution in [0.1, 0.15) is 21.8 Å².